The van der Waals surface area contributed by atoms with Gasteiger partial charge in [-0.05, 0) is 37.3 Å². The first-order valence-corrected chi connectivity index (χ1v) is 8.48. The molecule has 1 aromatic carbocycles. The molecule has 0 saturated carbocycles. The van der Waals surface area contributed by atoms with Crippen molar-refractivity contribution < 1.29 is 32.6 Å². The Morgan fingerprint density at radius 3 is 2.86 bits per heavy atom. The predicted molar refractivity (Wildman–Crippen MR) is 97.1 cm³/mol. The van der Waals surface area contributed by atoms with Crippen molar-refractivity contribution in [1.29, 1.82) is 0 Å². The van der Waals surface area contributed by atoms with E-state index in [1.54, 1.807) is 6.92 Å². The van der Waals surface area contributed by atoms with Crippen molar-refractivity contribution in [2.24, 2.45) is 15.9 Å². The van der Waals surface area contributed by atoms with Crippen molar-refractivity contribution >= 4 is 40.7 Å². The number of aliphatic imine (C=N–C) groups is 2. The topological polar surface area (TPSA) is 86.5 Å². The molecule has 2 aliphatic rings. The predicted octanol–water partition coefficient (Wildman–Crippen LogP) is 3.18. The lowest BCUT2D eigenvalue weighted by Crippen LogP contribution is -2.35. The quantitative estimate of drug-likeness (QED) is 0.423. The number of rotatable bonds is 5. The SMILES string of the molecule is COC(=O)C1C(C)=NC2=C(C(=O)OC2)[C@H]1c1cc(N=C=S)ccc1OC(F)F. The number of carbonyl (C=O) groups is 2. The molecule has 0 saturated heterocycles. The maximum absolute atomic E-state index is 13.0. The molecule has 3 rings (SSSR count). The van der Waals surface area contributed by atoms with Gasteiger partial charge in [0, 0.05) is 17.2 Å². The Hall–Kier alpha value is -2.97. The van der Waals surface area contributed by atoms with Gasteiger partial charge in [-0.15, -0.1) is 0 Å². The third-order valence-electron chi connectivity index (χ3n) is 4.45. The molecule has 0 aromatic heterocycles. The van der Waals surface area contributed by atoms with Crippen molar-refractivity contribution in [2.45, 2.75) is 19.5 Å². The summed E-state index contributed by atoms with van der Waals surface area (Å²) < 4.78 is 40.5. The minimum atomic E-state index is -3.11. The van der Waals surface area contributed by atoms with Gasteiger partial charge < -0.3 is 14.2 Å². The Balaban J connectivity index is 2.25. The molecular formula is C18H14F2N2O5S. The second kappa shape index (κ2) is 7.95. The molecule has 1 aromatic rings. The first kappa shape index (κ1) is 19.8. The summed E-state index contributed by atoms with van der Waals surface area (Å²) in [5, 5.41) is 2.18. The van der Waals surface area contributed by atoms with E-state index in [1.165, 1.54) is 25.3 Å². The first-order chi connectivity index (χ1) is 13.4. The largest absolute Gasteiger partial charge is 0.468 e. The zero-order chi connectivity index (χ0) is 20.4. The lowest BCUT2D eigenvalue weighted by atomic mass is 9.75. The smallest absolute Gasteiger partial charge is 0.387 e. The zero-order valence-electron chi connectivity index (χ0n) is 14.8. The summed E-state index contributed by atoms with van der Waals surface area (Å²) in [7, 11) is 1.19. The number of alkyl halides is 2. The molecule has 0 aliphatic carbocycles. The normalized spacial score (nSPS) is 20.9. The zero-order valence-corrected chi connectivity index (χ0v) is 15.6. The lowest BCUT2D eigenvalue weighted by Gasteiger charge is -2.30. The molecule has 146 valence electrons. The van der Waals surface area contributed by atoms with Gasteiger partial charge >= 0.3 is 18.6 Å². The number of hydrogen-bond donors (Lipinski definition) is 0. The maximum Gasteiger partial charge on any atom is 0.387 e. The van der Waals surface area contributed by atoms with E-state index < -0.39 is 30.4 Å². The molecular weight excluding hydrogens is 394 g/mol. The summed E-state index contributed by atoms with van der Waals surface area (Å²) >= 11 is 4.59. The highest BCUT2D eigenvalue weighted by atomic mass is 32.1. The van der Waals surface area contributed by atoms with Crippen molar-refractivity contribution in [3.63, 3.8) is 0 Å². The molecule has 1 unspecified atom stereocenters. The van der Waals surface area contributed by atoms with Crippen LogP contribution in [0.4, 0.5) is 14.5 Å². The molecule has 2 heterocycles. The highest BCUT2D eigenvalue weighted by Gasteiger charge is 2.46. The summed E-state index contributed by atoms with van der Waals surface area (Å²) in [5.41, 5.74) is 1.23. The van der Waals surface area contributed by atoms with Crippen molar-refractivity contribution in [2.75, 3.05) is 13.7 Å². The van der Waals surface area contributed by atoms with E-state index in [0.717, 1.165) is 0 Å². The Morgan fingerprint density at radius 2 is 2.21 bits per heavy atom. The third-order valence-corrected chi connectivity index (χ3v) is 4.54. The van der Waals surface area contributed by atoms with Crippen LogP contribution in [0.5, 0.6) is 5.75 Å². The standard InChI is InChI=1S/C18H14F2N2O5S/c1-8-13(16(23)25-2)14(15-11(22-8)6-26-17(15)24)10-5-9(21-7-28)3-4-12(10)27-18(19)20/h3-5,13-14,18H,6H2,1-2H3/t13?,14-/m0/s1. The number of nitrogens with zero attached hydrogens (tertiary/aromatic N) is 2. The summed E-state index contributed by atoms with van der Waals surface area (Å²) in [6, 6.07) is 4.08. The number of esters is 2. The Kier molecular flexibility index (Phi) is 5.62. The number of thiocarbonyl (C=S) groups is 1. The van der Waals surface area contributed by atoms with Gasteiger partial charge in [0.15, 0.2) is 0 Å². The second-order valence-corrected chi connectivity index (χ2v) is 6.15. The number of ether oxygens (including phenoxy) is 3. The molecule has 0 bridgehead atoms. The molecule has 0 spiro atoms. The minimum absolute atomic E-state index is 0.0707. The molecule has 0 fully saturated rings. The van der Waals surface area contributed by atoms with Crippen LogP contribution in [0.1, 0.15) is 18.4 Å². The molecule has 0 N–H and O–H groups in total. The number of isothiocyanates is 1. The maximum atomic E-state index is 13.0. The van der Waals surface area contributed by atoms with Crippen LogP contribution in [-0.2, 0) is 19.1 Å². The van der Waals surface area contributed by atoms with Crippen LogP contribution in [0.2, 0.25) is 0 Å². The van der Waals surface area contributed by atoms with E-state index in [1.807, 2.05) is 0 Å². The Labute approximate surface area is 163 Å². The Bertz CT molecular complexity index is 953. The first-order valence-electron chi connectivity index (χ1n) is 8.07. The molecule has 0 amide bonds. The minimum Gasteiger partial charge on any atom is -0.468 e. The van der Waals surface area contributed by atoms with Gasteiger partial charge in [-0.1, -0.05) is 0 Å². The van der Waals surface area contributed by atoms with E-state index in [-0.39, 0.29) is 23.5 Å². The van der Waals surface area contributed by atoms with Gasteiger partial charge in [0.1, 0.15) is 18.3 Å². The number of benzene rings is 1. The van der Waals surface area contributed by atoms with E-state index in [2.05, 4.69) is 32.1 Å². The third kappa shape index (κ3) is 3.56. The van der Waals surface area contributed by atoms with Crippen LogP contribution >= 0.6 is 12.2 Å². The highest BCUT2D eigenvalue weighted by molar-refractivity contribution is 7.78. The molecule has 2 aliphatic heterocycles. The van der Waals surface area contributed by atoms with Gasteiger partial charge in [0.25, 0.3) is 0 Å². The Morgan fingerprint density at radius 1 is 1.46 bits per heavy atom. The highest BCUT2D eigenvalue weighted by Crippen LogP contribution is 2.46. The van der Waals surface area contributed by atoms with Crippen molar-refractivity contribution in [1.82, 2.24) is 0 Å². The average molecular weight is 408 g/mol. The van der Waals surface area contributed by atoms with Gasteiger partial charge in [-0.3, -0.25) is 9.79 Å². The monoisotopic (exact) mass is 408 g/mol. The van der Waals surface area contributed by atoms with Crippen LogP contribution in [0.25, 0.3) is 0 Å². The number of cyclic esters (lactones) is 1. The number of carbonyl (C=O) groups excluding carboxylic acids is 2. The molecule has 0 radical (unpaired) electrons. The van der Waals surface area contributed by atoms with Gasteiger partial charge in [0.05, 0.1) is 29.2 Å². The van der Waals surface area contributed by atoms with Crippen LogP contribution in [0.3, 0.4) is 0 Å². The second-order valence-electron chi connectivity index (χ2n) is 5.97. The fourth-order valence-electron chi connectivity index (χ4n) is 3.37. The number of halogens is 2. The lowest BCUT2D eigenvalue weighted by molar-refractivity contribution is -0.143. The number of methoxy groups -OCH3 is 1. The van der Waals surface area contributed by atoms with E-state index in [0.29, 0.717) is 17.1 Å². The van der Waals surface area contributed by atoms with E-state index >= 15 is 0 Å². The van der Waals surface area contributed by atoms with Crippen LogP contribution in [0, 0.1) is 5.92 Å². The van der Waals surface area contributed by atoms with Crippen molar-refractivity contribution in [3.8, 4) is 5.75 Å². The van der Waals surface area contributed by atoms with Crippen LogP contribution < -0.4 is 4.74 Å². The summed E-state index contributed by atoms with van der Waals surface area (Å²) in [6.45, 7) is -1.59. The number of hydrogen-bond acceptors (Lipinski definition) is 8. The average Bonchev–Trinajstić information content (AvgIpc) is 3.01. The fraction of sp³-hybridized carbons (Fsp3) is 0.333. The summed E-state index contributed by atoms with van der Waals surface area (Å²) in [4.78, 5) is 33.0. The van der Waals surface area contributed by atoms with Gasteiger partial charge in [-0.25, -0.2) is 4.79 Å². The van der Waals surface area contributed by atoms with E-state index in [4.69, 9.17) is 9.47 Å². The summed E-state index contributed by atoms with van der Waals surface area (Å²) in [5.74, 6) is -3.59. The van der Waals surface area contributed by atoms with Crippen LogP contribution in [0.15, 0.2) is 39.5 Å². The molecule has 10 heteroatoms. The molecule has 28 heavy (non-hydrogen) atoms. The fourth-order valence-corrected chi connectivity index (χ4v) is 3.48. The van der Waals surface area contributed by atoms with Gasteiger partial charge in [-0.2, -0.15) is 13.8 Å². The summed E-state index contributed by atoms with van der Waals surface area (Å²) in [6.07, 6.45) is 0. The molecule has 2 atom stereocenters. The van der Waals surface area contributed by atoms with Crippen LogP contribution in [-0.4, -0.2) is 43.1 Å². The van der Waals surface area contributed by atoms with Gasteiger partial charge in [0.2, 0.25) is 0 Å². The van der Waals surface area contributed by atoms with Crippen molar-refractivity contribution in [3.05, 3.63) is 35.0 Å². The van der Waals surface area contributed by atoms with E-state index in [9.17, 15) is 18.4 Å². The molecule has 7 nitrogen and oxygen atoms in total.